The van der Waals surface area contributed by atoms with Crippen molar-refractivity contribution < 1.29 is 14.0 Å². The highest BCUT2D eigenvalue weighted by Crippen LogP contribution is 2.43. The zero-order valence-corrected chi connectivity index (χ0v) is 24.8. The van der Waals surface area contributed by atoms with E-state index < -0.39 is 28.1 Å². The Labute approximate surface area is 203 Å². The van der Waals surface area contributed by atoms with Gasteiger partial charge in [0.2, 0.25) is 0 Å². The molecule has 1 N–H and O–H groups in total. The number of ether oxygens (including phenoxy) is 1. The van der Waals surface area contributed by atoms with Crippen LogP contribution in [0.1, 0.15) is 62.3 Å². The summed E-state index contributed by atoms with van der Waals surface area (Å²) in [5, 5.41) is 6.41. The van der Waals surface area contributed by atoms with Crippen molar-refractivity contribution in [3.63, 3.8) is 0 Å². The van der Waals surface area contributed by atoms with E-state index in [9.17, 15) is 4.79 Å². The maximum atomic E-state index is 12.8. The number of carbonyl (C=O) groups is 1. The summed E-state index contributed by atoms with van der Waals surface area (Å²) in [5.41, 5.74) is 1.76. The number of hydrogen-bond acceptors (Lipinski definition) is 3. The molecule has 0 saturated carbocycles. The van der Waals surface area contributed by atoms with Crippen molar-refractivity contribution in [3.05, 3.63) is 30.3 Å². The molecule has 0 aromatic heterocycles. The van der Waals surface area contributed by atoms with Gasteiger partial charge in [0.1, 0.15) is 11.4 Å². The molecule has 2 aromatic carbocycles. The van der Waals surface area contributed by atoms with Gasteiger partial charge in [-0.1, -0.05) is 79.4 Å². The van der Waals surface area contributed by atoms with Gasteiger partial charge in [0.15, 0.2) is 0 Å². The van der Waals surface area contributed by atoms with Gasteiger partial charge < -0.3 is 9.16 Å². The lowest BCUT2D eigenvalue weighted by molar-refractivity contribution is 0.0636. The van der Waals surface area contributed by atoms with E-state index in [1.54, 1.807) is 0 Å². The molecule has 0 spiro atoms. The molecule has 0 atom stereocenters. The first-order chi connectivity index (χ1) is 15.0. The van der Waals surface area contributed by atoms with Crippen molar-refractivity contribution in [2.24, 2.45) is 0 Å². The smallest absolute Gasteiger partial charge is 0.412 e. The van der Waals surface area contributed by atoms with E-state index in [2.05, 4.69) is 96.8 Å². The molecular weight excluding hydrogens is 442 g/mol. The molecule has 0 bridgehead atoms. The summed E-state index contributed by atoms with van der Waals surface area (Å²) in [5.74, 6) is 0.894. The van der Waals surface area contributed by atoms with Crippen LogP contribution in [0.2, 0.25) is 36.3 Å². The van der Waals surface area contributed by atoms with Crippen LogP contribution in [-0.2, 0) is 4.74 Å². The van der Waals surface area contributed by atoms with Crippen molar-refractivity contribution in [2.75, 3.05) is 5.32 Å². The minimum Gasteiger partial charge on any atom is -0.543 e. The zero-order valence-electron chi connectivity index (χ0n) is 22.8. The molecule has 0 aliphatic heterocycles. The Balaban J connectivity index is 2.67. The molecule has 0 heterocycles. The van der Waals surface area contributed by atoms with Gasteiger partial charge in [0, 0.05) is 5.39 Å². The van der Waals surface area contributed by atoms with Crippen molar-refractivity contribution in [1.29, 1.82) is 0 Å². The third-order valence-electron chi connectivity index (χ3n) is 6.43. The summed E-state index contributed by atoms with van der Waals surface area (Å²) >= 11 is 0. The highest BCUT2D eigenvalue weighted by molar-refractivity contribution is 6.90. The third kappa shape index (κ3) is 6.21. The summed E-state index contributed by atoms with van der Waals surface area (Å²) in [4.78, 5) is 12.8. The predicted molar refractivity (Wildman–Crippen MR) is 148 cm³/mol. The minimum absolute atomic E-state index is 0.420. The van der Waals surface area contributed by atoms with E-state index in [-0.39, 0.29) is 0 Å². The molecule has 2 aromatic rings. The lowest BCUT2D eigenvalue weighted by Crippen LogP contribution is -2.50. The van der Waals surface area contributed by atoms with Gasteiger partial charge in [-0.3, -0.25) is 5.32 Å². The van der Waals surface area contributed by atoms with Crippen LogP contribution in [0.4, 0.5) is 10.5 Å². The number of amides is 1. The molecule has 33 heavy (non-hydrogen) atoms. The molecule has 0 radical (unpaired) electrons. The maximum Gasteiger partial charge on any atom is 0.412 e. The van der Waals surface area contributed by atoms with Gasteiger partial charge in [-0.05, 0) is 60.1 Å². The van der Waals surface area contributed by atoms with Crippen molar-refractivity contribution >= 4 is 44.1 Å². The van der Waals surface area contributed by atoms with E-state index in [0.29, 0.717) is 16.6 Å². The van der Waals surface area contributed by atoms with E-state index >= 15 is 0 Å². The van der Waals surface area contributed by atoms with Crippen molar-refractivity contribution in [1.82, 2.24) is 0 Å². The first-order valence-corrected chi connectivity index (χ1v) is 17.9. The first kappa shape index (κ1) is 27.4. The topological polar surface area (TPSA) is 47.6 Å². The molecule has 4 nitrogen and oxygen atoms in total. The van der Waals surface area contributed by atoms with Gasteiger partial charge in [-0.15, -0.1) is 0 Å². The Bertz CT molecular complexity index is 963. The molecule has 0 unspecified atom stereocenters. The van der Waals surface area contributed by atoms with E-state index in [4.69, 9.17) is 9.16 Å². The van der Waals surface area contributed by atoms with E-state index in [1.807, 2.05) is 20.8 Å². The quantitative estimate of drug-likeness (QED) is 0.400. The zero-order chi connectivity index (χ0) is 25.4. The number of benzene rings is 2. The summed E-state index contributed by atoms with van der Waals surface area (Å²) in [6.07, 6.45) is -0.420. The summed E-state index contributed by atoms with van der Waals surface area (Å²) < 4.78 is 12.6. The monoisotopic (exact) mass is 487 g/mol. The van der Waals surface area contributed by atoms with Crippen LogP contribution < -0.4 is 14.9 Å². The third-order valence-corrected chi connectivity index (χ3v) is 14.5. The highest BCUT2D eigenvalue weighted by Gasteiger charge is 2.47. The number of anilines is 1. The van der Waals surface area contributed by atoms with Gasteiger partial charge in [0.05, 0.1) is 13.8 Å². The molecule has 184 valence electrons. The lowest BCUT2D eigenvalue weighted by atomic mass is 10.1. The average Bonchev–Trinajstić information content (AvgIpc) is 2.62. The fourth-order valence-corrected chi connectivity index (χ4v) is 11.9. The number of rotatable bonds is 7. The van der Waals surface area contributed by atoms with Crippen LogP contribution in [-0.4, -0.2) is 28.1 Å². The molecule has 2 rings (SSSR count). The lowest BCUT2D eigenvalue weighted by Gasteiger charge is -2.42. The Morgan fingerprint density at radius 2 is 1.39 bits per heavy atom. The SMILES string of the molecule is CC(C)[Si](Oc1ccc2ccc([Si](C)(C)C)c(NC(=O)OC(C)(C)C)c2c1)(C(C)C)C(C)C. The standard InChI is InChI=1S/C27H45NO3Si2/c1-18(2)33(19(3)4,20(5)6)31-22-15-13-21-14-16-24(32(10,11)12)25(23(21)17-22)28-26(29)30-27(7,8)9/h13-20H,1-12H3,(H,28,29). The van der Waals surface area contributed by atoms with Crippen LogP contribution in [0.3, 0.4) is 0 Å². The minimum atomic E-state index is -2.09. The fraction of sp³-hybridized carbons (Fsp3) is 0.593. The van der Waals surface area contributed by atoms with E-state index in [1.165, 1.54) is 5.19 Å². The summed E-state index contributed by atoms with van der Waals surface area (Å²) in [6.45, 7) is 26.3. The normalized spacial score (nSPS) is 13.2. The van der Waals surface area contributed by atoms with Crippen LogP contribution in [0.15, 0.2) is 30.3 Å². The maximum absolute atomic E-state index is 12.8. The summed E-state index contributed by atoms with van der Waals surface area (Å²) in [7, 11) is -3.83. The Kier molecular flexibility index (Phi) is 8.17. The van der Waals surface area contributed by atoms with Gasteiger partial charge in [-0.25, -0.2) is 4.79 Å². The second-order valence-corrected chi connectivity index (χ2v) is 22.6. The van der Waals surface area contributed by atoms with E-state index in [0.717, 1.165) is 22.2 Å². The molecular formula is C27H45NO3Si2. The van der Waals surface area contributed by atoms with Gasteiger partial charge in [0.25, 0.3) is 8.32 Å². The summed E-state index contributed by atoms with van der Waals surface area (Å²) in [6, 6.07) is 10.6. The number of carbonyl (C=O) groups excluding carboxylic acids is 1. The predicted octanol–water partition coefficient (Wildman–Crippen LogP) is 8.29. The number of hydrogen-bond donors (Lipinski definition) is 1. The second kappa shape index (κ2) is 9.83. The Hall–Kier alpha value is -1.80. The van der Waals surface area contributed by atoms with Gasteiger partial charge >= 0.3 is 6.09 Å². The molecule has 0 aliphatic rings. The van der Waals surface area contributed by atoms with Gasteiger partial charge in [-0.2, -0.15) is 0 Å². The number of nitrogens with one attached hydrogen (secondary N) is 1. The largest absolute Gasteiger partial charge is 0.543 e. The molecule has 0 saturated heterocycles. The van der Waals surface area contributed by atoms with Crippen LogP contribution in [0, 0.1) is 0 Å². The molecule has 1 amide bonds. The molecule has 0 fully saturated rings. The first-order valence-electron chi connectivity index (χ1n) is 12.2. The van der Waals surface area contributed by atoms with Crippen molar-refractivity contribution in [2.45, 2.75) is 104 Å². The average molecular weight is 488 g/mol. The molecule has 0 aliphatic carbocycles. The van der Waals surface area contributed by atoms with Crippen LogP contribution >= 0.6 is 0 Å². The van der Waals surface area contributed by atoms with Crippen LogP contribution in [0.25, 0.3) is 10.8 Å². The van der Waals surface area contributed by atoms with Crippen LogP contribution in [0.5, 0.6) is 5.75 Å². The van der Waals surface area contributed by atoms with Crippen molar-refractivity contribution in [3.8, 4) is 5.75 Å². The highest BCUT2D eigenvalue weighted by atomic mass is 28.4. The Morgan fingerprint density at radius 3 is 1.85 bits per heavy atom. The number of fused-ring (bicyclic) bond motifs is 1. The Morgan fingerprint density at radius 1 is 0.879 bits per heavy atom. The fourth-order valence-electron chi connectivity index (χ4n) is 5.09. The second-order valence-electron chi connectivity index (χ2n) is 12.2. The molecule has 6 heteroatoms.